The first-order valence-corrected chi connectivity index (χ1v) is 4.01. The Balaban J connectivity index is 3.23. The van der Waals surface area contributed by atoms with Gasteiger partial charge in [0.1, 0.15) is 6.29 Å². The van der Waals surface area contributed by atoms with Crippen LogP contribution in [0.15, 0.2) is 22.7 Å². The van der Waals surface area contributed by atoms with Crippen LogP contribution in [0.3, 0.4) is 0 Å². The predicted molar refractivity (Wildman–Crippen MR) is 47.4 cm³/mol. The second-order valence-electron chi connectivity index (χ2n) is 2.13. The molecule has 0 aliphatic carbocycles. The molecule has 58 valence electrons. The van der Waals surface area contributed by atoms with E-state index in [1.165, 1.54) is 0 Å². The first-order valence-electron chi connectivity index (χ1n) is 3.22. The summed E-state index contributed by atoms with van der Waals surface area (Å²) < 4.78 is 0.893. The molecule has 0 heterocycles. The molecule has 0 unspecified atom stereocenters. The fourth-order valence-corrected chi connectivity index (χ4v) is 1.44. The van der Waals surface area contributed by atoms with Crippen LogP contribution in [0.5, 0.6) is 0 Å². The van der Waals surface area contributed by atoms with Crippen LogP contribution in [0.2, 0.25) is 0 Å². The quantitative estimate of drug-likeness (QED) is 0.761. The summed E-state index contributed by atoms with van der Waals surface area (Å²) >= 11 is 3.31. The van der Waals surface area contributed by atoms with Gasteiger partial charge in [0.25, 0.3) is 0 Å². The minimum Gasteiger partial charge on any atom is -0.326 e. The van der Waals surface area contributed by atoms with Crippen LogP contribution >= 0.6 is 15.9 Å². The van der Waals surface area contributed by atoms with Crippen LogP contribution in [-0.2, 0) is 6.54 Å². The topological polar surface area (TPSA) is 43.1 Å². The summed E-state index contributed by atoms with van der Waals surface area (Å²) in [5.41, 5.74) is 6.96. The van der Waals surface area contributed by atoms with Gasteiger partial charge in [0.15, 0.2) is 0 Å². The van der Waals surface area contributed by atoms with Gasteiger partial charge in [-0.15, -0.1) is 0 Å². The van der Waals surface area contributed by atoms with Gasteiger partial charge in [-0.1, -0.05) is 28.1 Å². The SMILES string of the molecule is NCc1c(Br)cccc1C=O. The summed E-state index contributed by atoms with van der Waals surface area (Å²) in [5.74, 6) is 0. The molecule has 1 aromatic carbocycles. The minimum absolute atomic E-state index is 0.384. The highest BCUT2D eigenvalue weighted by Gasteiger charge is 2.02. The van der Waals surface area contributed by atoms with Crippen molar-refractivity contribution in [2.75, 3.05) is 0 Å². The second-order valence-corrected chi connectivity index (χ2v) is 2.98. The lowest BCUT2D eigenvalue weighted by molar-refractivity contribution is 0.112. The molecule has 0 saturated carbocycles. The van der Waals surface area contributed by atoms with Gasteiger partial charge in [0.2, 0.25) is 0 Å². The molecule has 0 aromatic heterocycles. The van der Waals surface area contributed by atoms with E-state index in [4.69, 9.17) is 5.73 Å². The number of hydrogen-bond acceptors (Lipinski definition) is 2. The highest BCUT2D eigenvalue weighted by molar-refractivity contribution is 9.10. The van der Waals surface area contributed by atoms with Crippen molar-refractivity contribution in [3.8, 4) is 0 Å². The largest absolute Gasteiger partial charge is 0.326 e. The number of benzene rings is 1. The summed E-state index contributed by atoms with van der Waals surface area (Å²) in [5, 5.41) is 0. The molecule has 0 saturated heterocycles. The number of rotatable bonds is 2. The van der Waals surface area contributed by atoms with Crippen molar-refractivity contribution in [2.45, 2.75) is 6.54 Å². The van der Waals surface area contributed by atoms with Gasteiger partial charge in [-0.2, -0.15) is 0 Å². The molecule has 0 aliphatic rings. The fourth-order valence-electron chi connectivity index (χ4n) is 0.901. The monoisotopic (exact) mass is 213 g/mol. The molecule has 0 fully saturated rings. The number of hydrogen-bond donors (Lipinski definition) is 1. The van der Waals surface area contributed by atoms with E-state index in [1.807, 2.05) is 12.1 Å². The first-order chi connectivity index (χ1) is 5.29. The van der Waals surface area contributed by atoms with Crippen LogP contribution in [-0.4, -0.2) is 6.29 Å². The zero-order valence-electron chi connectivity index (χ0n) is 5.88. The third kappa shape index (κ3) is 1.67. The first kappa shape index (κ1) is 8.43. The fraction of sp³-hybridized carbons (Fsp3) is 0.125. The summed E-state index contributed by atoms with van der Waals surface area (Å²) in [7, 11) is 0. The van der Waals surface area contributed by atoms with Crippen LogP contribution in [0.1, 0.15) is 15.9 Å². The molecule has 3 heteroatoms. The number of halogens is 1. The molecule has 0 aliphatic heterocycles. The van der Waals surface area contributed by atoms with Crippen molar-refractivity contribution in [3.63, 3.8) is 0 Å². The van der Waals surface area contributed by atoms with Crippen LogP contribution in [0.4, 0.5) is 0 Å². The maximum absolute atomic E-state index is 10.5. The van der Waals surface area contributed by atoms with Gasteiger partial charge in [0, 0.05) is 16.6 Å². The molecule has 0 atom stereocenters. The molecule has 1 rings (SSSR count). The molecule has 1 aromatic rings. The number of aldehydes is 1. The van der Waals surface area contributed by atoms with Crippen molar-refractivity contribution in [1.29, 1.82) is 0 Å². The van der Waals surface area contributed by atoms with Crippen LogP contribution < -0.4 is 5.73 Å². The van der Waals surface area contributed by atoms with Crippen LogP contribution in [0.25, 0.3) is 0 Å². The lowest BCUT2D eigenvalue weighted by atomic mass is 10.1. The highest BCUT2D eigenvalue weighted by atomic mass is 79.9. The van der Waals surface area contributed by atoms with Crippen molar-refractivity contribution < 1.29 is 4.79 Å². The Bertz CT molecular complexity index is 273. The standard InChI is InChI=1S/C8H8BrNO/c9-8-3-1-2-6(5-11)7(8)4-10/h1-3,5H,4,10H2. The maximum atomic E-state index is 10.5. The zero-order chi connectivity index (χ0) is 8.27. The molecule has 2 nitrogen and oxygen atoms in total. The summed E-state index contributed by atoms with van der Waals surface area (Å²) in [6, 6.07) is 5.43. The molecule has 2 N–H and O–H groups in total. The maximum Gasteiger partial charge on any atom is 0.150 e. The zero-order valence-corrected chi connectivity index (χ0v) is 7.47. The summed E-state index contributed by atoms with van der Waals surface area (Å²) in [6.45, 7) is 0.384. The highest BCUT2D eigenvalue weighted by Crippen LogP contribution is 2.18. The smallest absolute Gasteiger partial charge is 0.150 e. The normalized spacial score (nSPS) is 9.64. The lowest BCUT2D eigenvalue weighted by Gasteiger charge is -2.02. The number of carbonyl (C=O) groups excluding carboxylic acids is 1. The molecular formula is C8H8BrNO. The van der Waals surface area contributed by atoms with Gasteiger partial charge in [-0.25, -0.2) is 0 Å². The lowest BCUT2D eigenvalue weighted by Crippen LogP contribution is -2.01. The second kappa shape index (κ2) is 3.64. The van der Waals surface area contributed by atoms with E-state index in [9.17, 15) is 4.79 Å². The number of carbonyl (C=O) groups is 1. The Morgan fingerprint density at radius 1 is 1.55 bits per heavy atom. The van der Waals surface area contributed by atoms with E-state index < -0.39 is 0 Å². The third-order valence-corrected chi connectivity index (χ3v) is 2.23. The summed E-state index contributed by atoms with van der Waals surface area (Å²) in [4.78, 5) is 10.5. The Morgan fingerprint density at radius 2 is 2.27 bits per heavy atom. The molecule has 0 spiro atoms. The van der Waals surface area contributed by atoms with Crippen LogP contribution in [0, 0.1) is 0 Å². The molecule has 0 radical (unpaired) electrons. The Morgan fingerprint density at radius 3 is 2.73 bits per heavy atom. The van der Waals surface area contributed by atoms with Crippen molar-refractivity contribution in [2.24, 2.45) is 5.73 Å². The van der Waals surface area contributed by atoms with E-state index in [0.29, 0.717) is 12.1 Å². The van der Waals surface area contributed by atoms with Crippen molar-refractivity contribution >= 4 is 22.2 Å². The van der Waals surface area contributed by atoms with Gasteiger partial charge in [-0.05, 0) is 11.6 Å². The van der Waals surface area contributed by atoms with E-state index >= 15 is 0 Å². The Labute approximate surface area is 73.5 Å². The minimum atomic E-state index is 0.384. The molecule has 0 bridgehead atoms. The van der Waals surface area contributed by atoms with E-state index in [2.05, 4.69) is 15.9 Å². The van der Waals surface area contributed by atoms with Crippen molar-refractivity contribution in [1.82, 2.24) is 0 Å². The van der Waals surface area contributed by atoms with E-state index in [0.717, 1.165) is 16.3 Å². The predicted octanol–water partition coefficient (Wildman–Crippen LogP) is 1.72. The molecule has 0 amide bonds. The third-order valence-electron chi connectivity index (χ3n) is 1.49. The van der Waals surface area contributed by atoms with Gasteiger partial charge < -0.3 is 5.73 Å². The Kier molecular flexibility index (Phi) is 2.79. The average molecular weight is 214 g/mol. The van der Waals surface area contributed by atoms with Gasteiger partial charge in [0.05, 0.1) is 0 Å². The molecule has 11 heavy (non-hydrogen) atoms. The van der Waals surface area contributed by atoms with E-state index in [1.54, 1.807) is 6.07 Å². The van der Waals surface area contributed by atoms with Gasteiger partial charge in [-0.3, -0.25) is 4.79 Å². The van der Waals surface area contributed by atoms with Gasteiger partial charge >= 0.3 is 0 Å². The number of nitrogens with two attached hydrogens (primary N) is 1. The summed E-state index contributed by atoms with van der Waals surface area (Å²) in [6.07, 6.45) is 0.812. The van der Waals surface area contributed by atoms with Crippen molar-refractivity contribution in [3.05, 3.63) is 33.8 Å². The Hall–Kier alpha value is -0.670. The molecular weight excluding hydrogens is 206 g/mol. The average Bonchev–Trinajstić information content (AvgIpc) is 2.04. The van der Waals surface area contributed by atoms with E-state index in [-0.39, 0.29) is 0 Å².